The van der Waals surface area contributed by atoms with E-state index in [0.717, 1.165) is 23.5 Å². The number of nitrogens with zero attached hydrogens (tertiary/aromatic N) is 3. The Kier molecular flexibility index (Phi) is 7.11. The molecule has 1 atom stereocenters. The van der Waals surface area contributed by atoms with E-state index in [4.69, 9.17) is 9.47 Å². The molecule has 2 N–H and O–H groups in total. The Hall–Kier alpha value is -3.29. The Bertz CT molecular complexity index is 986. The minimum Gasteiger partial charge on any atom is -0.493 e. The molecule has 0 bridgehead atoms. The van der Waals surface area contributed by atoms with Crippen LogP contribution in [0.25, 0.3) is 5.65 Å². The van der Waals surface area contributed by atoms with E-state index in [9.17, 15) is 4.79 Å². The standard InChI is InChI=1S/C22H29N5O3/c1-15(2)13-17(21-26-25-20-7-5-6-12-27(20)21)24-22(28)23-11-10-16-8-9-18(29-3)19(14-16)30-4/h5-9,12,14-15,17H,10-11,13H2,1-4H3,(H2,23,24,28)/t17-/m0/s1. The number of carbonyl (C=O) groups excluding carboxylic acids is 1. The smallest absolute Gasteiger partial charge is 0.315 e. The molecule has 0 fully saturated rings. The fourth-order valence-corrected chi connectivity index (χ4v) is 3.36. The highest BCUT2D eigenvalue weighted by Crippen LogP contribution is 2.27. The fourth-order valence-electron chi connectivity index (χ4n) is 3.36. The molecule has 160 valence electrons. The van der Waals surface area contributed by atoms with Gasteiger partial charge in [0.15, 0.2) is 23.0 Å². The van der Waals surface area contributed by atoms with E-state index in [1.165, 1.54) is 0 Å². The first-order chi connectivity index (χ1) is 14.5. The molecule has 0 unspecified atom stereocenters. The van der Waals surface area contributed by atoms with Crippen molar-refractivity contribution < 1.29 is 14.3 Å². The van der Waals surface area contributed by atoms with Gasteiger partial charge in [-0.1, -0.05) is 26.0 Å². The number of rotatable bonds is 9. The quantitative estimate of drug-likeness (QED) is 0.563. The number of pyridine rings is 1. The lowest BCUT2D eigenvalue weighted by Gasteiger charge is -2.19. The van der Waals surface area contributed by atoms with E-state index in [0.29, 0.717) is 30.4 Å². The van der Waals surface area contributed by atoms with Gasteiger partial charge in [0.1, 0.15) is 0 Å². The van der Waals surface area contributed by atoms with Crippen molar-refractivity contribution in [1.29, 1.82) is 0 Å². The number of benzene rings is 1. The third-order valence-electron chi connectivity index (χ3n) is 4.81. The monoisotopic (exact) mass is 411 g/mol. The van der Waals surface area contributed by atoms with E-state index in [1.54, 1.807) is 14.2 Å². The van der Waals surface area contributed by atoms with Gasteiger partial charge in [0.2, 0.25) is 0 Å². The van der Waals surface area contributed by atoms with E-state index < -0.39 is 0 Å². The summed E-state index contributed by atoms with van der Waals surface area (Å²) in [7, 11) is 3.21. The van der Waals surface area contributed by atoms with E-state index in [-0.39, 0.29) is 12.1 Å². The maximum atomic E-state index is 12.6. The number of urea groups is 1. The lowest BCUT2D eigenvalue weighted by atomic mass is 10.0. The highest BCUT2D eigenvalue weighted by molar-refractivity contribution is 5.74. The SMILES string of the molecule is COc1ccc(CCNC(=O)N[C@@H](CC(C)C)c2nnc3ccccn23)cc1OC. The molecule has 8 nitrogen and oxygen atoms in total. The van der Waals surface area contributed by atoms with Gasteiger partial charge in [-0.3, -0.25) is 4.40 Å². The topological polar surface area (TPSA) is 89.8 Å². The average molecular weight is 412 g/mol. The summed E-state index contributed by atoms with van der Waals surface area (Å²) in [5, 5.41) is 14.5. The minimum atomic E-state index is -0.233. The summed E-state index contributed by atoms with van der Waals surface area (Å²) >= 11 is 0. The zero-order chi connectivity index (χ0) is 21.5. The van der Waals surface area contributed by atoms with Crippen LogP contribution in [0, 0.1) is 5.92 Å². The van der Waals surface area contributed by atoms with E-state index in [2.05, 4.69) is 34.7 Å². The van der Waals surface area contributed by atoms with Gasteiger partial charge < -0.3 is 20.1 Å². The number of carbonyl (C=O) groups is 1. The molecule has 2 aromatic heterocycles. The van der Waals surface area contributed by atoms with Crippen LogP contribution in [0.4, 0.5) is 4.79 Å². The van der Waals surface area contributed by atoms with Crippen LogP contribution < -0.4 is 20.1 Å². The molecule has 3 rings (SSSR count). The third-order valence-corrected chi connectivity index (χ3v) is 4.81. The number of methoxy groups -OCH3 is 2. The molecule has 0 saturated carbocycles. The normalized spacial score (nSPS) is 12.0. The number of ether oxygens (including phenoxy) is 2. The molecule has 30 heavy (non-hydrogen) atoms. The fraction of sp³-hybridized carbons (Fsp3) is 0.409. The van der Waals surface area contributed by atoms with Crippen LogP contribution in [0.1, 0.15) is 37.7 Å². The molecule has 2 amide bonds. The summed E-state index contributed by atoms with van der Waals surface area (Å²) in [5.41, 5.74) is 1.81. The van der Waals surface area contributed by atoms with Gasteiger partial charge in [-0.05, 0) is 48.6 Å². The van der Waals surface area contributed by atoms with Gasteiger partial charge in [-0.15, -0.1) is 10.2 Å². The Balaban J connectivity index is 1.61. The van der Waals surface area contributed by atoms with E-state index in [1.807, 2.05) is 47.0 Å². The van der Waals surface area contributed by atoms with Gasteiger partial charge in [0.25, 0.3) is 0 Å². The summed E-state index contributed by atoms with van der Waals surface area (Å²) in [6, 6.07) is 11.0. The third kappa shape index (κ3) is 5.20. The summed E-state index contributed by atoms with van der Waals surface area (Å²) in [6.45, 7) is 4.73. The molecule has 0 spiro atoms. The number of nitrogens with one attached hydrogen (secondary N) is 2. The Morgan fingerprint density at radius 1 is 1.10 bits per heavy atom. The van der Waals surface area contributed by atoms with Crippen LogP contribution in [0.3, 0.4) is 0 Å². The van der Waals surface area contributed by atoms with Crippen LogP contribution in [0.15, 0.2) is 42.6 Å². The van der Waals surface area contributed by atoms with Crippen LogP contribution >= 0.6 is 0 Å². The molecule has 3 aromatic rings. The Morgan fingerprint density at radius 3 is 2.63 bits per heavy atom. The van der Waals surface area contributed by atoms with Gasteiger partial charge in [0, 0.05) is 12.7 Å². The first-order valence-electron chi connectivity index (χ1n) is 10.1. The number of aromatic nitrogens is 3. The minimum absolute atomic E-state index is 0.228. The van der Waals surface area contributed by atoms with Crippen molar-refractivity contribution in [3.63, 3.8) is 0 Å². The molecular weight excluding hydrogens is 382 g/mol. The summed E-state index contributed by atoms with van der Waals surface area (Å²) in [6.07, 6.45) is 3.35. The van der Waals surface area contributed by atoms with Crippen molar-refractivity contribution in [1.82, 2.24) is 25.2 Å². The first-order valence-corrected chi connectivity index (χ1v) is 10.1. The van der Waals surface area contributed by atoms with Gasteiger partial charge in [-0.25, -0.2) is 4.79 Å². The molecule has 0 aliphatic carbocycles. The number of fused-ring (bicyclic) bond motifs is 1. The second kappa shape index (κ2) is 9.96. The maximum absolute atomic E-state index is 12.6. The van der Waals surface area contributed by atoms with Gasteiger partial charge >= 0.3 is 6.03 Å². The molecule has 0 aliphatic rings. The average Bonchev–Trinajstić information content (AvgIpc) is 3.17. The lowest BCUT2D eigenvalue weighted by Crippen LogP contribution is -2.40. The van der Waals surface area contributed by atoms with Crippen LogP contribution in [0.5, 0.6) is 11.5 Å². The van der Waals surface area contributed by atoms with E-state index >= 15 is 0 Å². The molecule has 0 aliphatic heterocycles. The van der Waals surface area contributed by atoms with Crippen molar-refractivity contribution in [2.45, 2.75) is 32.7 Å². The van der Waals surface area contributed by atoms with Crippen LogP contribution in [-0.2, 0) is 6.42 Å². The predicted octanol–water partition coefficient (Wildman–Crippen LogP) is 3.38. The second-order valence-electron chi connectivity index (χ2n) is 7.51. The maximum Gasteiger partial charge on any atom is 0.315 e. The zero-order valence-corrected chi connectivity index (χ0v) is 17.9. The highest BCUT2D eigenvalue weighted by atomic mass is 16.5. The molecule has 0 saturated heterocycles. The molecule has 8 heteroatoms. The van der Waals surface area contributed by atoms with Gasteiger partial charge in [0.05, 0.1) is 20.3 Å². The number of amides is 2. The number of hydrogen-bond acceptors (Lipinski definition) is 5. The first kappa shape index (κ1) is 21.4. The zero-order valence-electron chi connectivity index (χ0n) is 17.9. The van der Waals surface area contributed by atoms with Crippen molar-refractivity contribution in [3.8, 4) is 11.5 Å². The highest BCUT2D eigenvalue weighted by Gasteiger charge is 2.21. The Labute approximate surface area is 176 Å². The molecular formula is C22H29N5O3. The number of hydrogen-bond donors (Lipinski definition) is 2. The summed E-state index contributed by atoms with van der Waals surface area (Å²) < 4.78 is 12.5. The molecule has 2 heterocycles. The van der Waals surface area contributed by atoms with Crippen molar-refractivity contribution in [2.75, 3.05) is 20.8 Å². The van der Waals surface area contributed by atoms with Crippen molar-refractivity contribution >= 4 is 11.7 Å². The largest absolute Gasteiger partial charge is 0.493 e. The predicted molar refractivity (Wildman–Crippen MR) is 115 cm³/mol. The van der Waals surface area contributed by atoms with Gasteiger partial charge in [-0.2, -0.15) is 0 Å². The second-order valence-corrected chi connectivity index (χ2v) is 7.51. The summed E-state index contributed by atoms with van der Waals surface area (Å²) in [4.78, 5) is 12.6. The molecule has 0 radical (unpaired) electrons. The van der Waals surface area contributed by atoms with Crippen LogP contribution in [-0.4, -0.2) is 41.4 Å². The van der Waals surface area contributed by atoms with Crippen molar-refractivity contribution in [3.05, 3.63) is 54.0 Å². The molecule has 1 aromatic carbocycles. The van der Waals surface area contributed by atoms with Crippen molar-refractivity contribution in [2.24, 2.45) is 5.92 Å². The summed E-state index contributed by atoms with van der Waals surface area (Å²) in [5.74, 6) is 2.48. The van der Waals surface area contributed by atoms with Crippen LogP contribution in [0.2, 0.25) is 0 Å². The lowest BCUT2D eigenvalue weighted by molar-refractivity contribution is 0.234. The Morgan fingerprint density at radius 2 is 1.90 bits per heavy atom.